The summed E-state index contributed by atoms with van der Waals surface area (Å²) in [5.74, 6) is 1.88. The fraction of sp³-hybridized carbons (Fsp3) is 0.522. The van der Waals surface area contributed by atoms with E-state index in [2.05, 4.69) is 46.9 Å². The minimum atomic E-state index is -0.0275. The second-order valence-electron chi connectivity index (χ2n) is 7.32. The van der Waals surface area contributed by atoms with E-state index >= 15 is 0 Å². The third kappa shape index (κ3) is 8.88. The van der Waals surface area contributed by atoms with E-state index in [4.69, 9.17) is 4.52 Å². The topological polar surface area (TPSA) is 91.5 Å². The van der Waals surface area contributed by atoms with Crippen LogP contribution in [0, 0.1) is 0 Å². The van der Waals surface area contributed by atoms with Gasteiger partial charge in [0.25, 0.3) is 5.91 Å². The zero-order valence-corrected chi connectivity index (χ0v) is 21.4. The molecule has 0 aliphatic carbocycles. The van der Waals surface area contributed by atoms with Gasteiger partial charge < -0.3 is 20.5 Å². The van der Waals surface area contributed by atoms with E-state index < -0.39 is 0 Å². The Kier molecular flexibility index (Phi) is 12.9. The quantitative estimate of drug-likeness (QED) is 0.168. The monoisotopic (exact) mass is 541 g/mol. The van der Waals surface area contributed by atoms with Crippen LogP contribution in [0.5, 0.6) is 0 Å². The van der Waals surface area contributed by atoms with Gasteiger partial charge in [-0.15, -0.1) is 24.0 Å². The number of carbonyl (C=O) groups excluding carboxylic acids is 1. The summed E-state index contributed by atoms with van der Waals surface area (Å²) in [6.45, 7) is 8.27. The highest BCUT2D eigenvalue weighted by atomic mass is 127. The smallest absolute Gasteiger partial charge is 0.251 e. The number of unbranched alkanes of at least 4 members (excludes halogenated alkanes) is 1. The molecule has 0 aliphatic heterocycles. The Labute approximate surface area is 202 Å². The molecule has 3 N–H and O–H groups in total. The highest BCUT2D eigenvalue weighted by Crippen LogP contribution is 2.22. The number of guanidine groups is 1. The number of halogens is 1. The lowest BCUT2D eigenvalue weighted by Gasteiger charge is -2.11. The number of rotatable bonds is 11. The summed E-state index contributed by atoms with van der Waals surface area (Å²) in [5.41, 5.74) is 2.76. The molecule has 7 nitrogen and oxygen atoms in total. The molecule has 2 rings (SSSR count). The van der Waals surface area contributed by atoms with Crippen molar-refractivity contribution in [3.63, 3.8) is 0 Å². The van der Waals surface area contributed by atoms with Crippen LogP contribution >= 0.6 is 24.0 Å². The Bertz CT molecular complexity index is 801. The second-order valence-corrected chi connectivity index (χ2v) is 7.32. The molecule has 0 bridgehead atoms. The van der Waals surface area contributed by atoms with Crippen molar-refractivity contribution in [1.29, 1.82) is 0 Å². The molecule has 1 amide bonds. The Morgan fingerprint density at radius 3 is 2.35 bits per heavy atom. The van der Waals surface area contributed by atoms with E-state index in [0.29, 0.717) is 37.1 Å². The molecule has 0 fully saturated rings. The lowest BCUT2D eigenvalue weighted by Crippen LogP contribution is -2.36. The van der Waals surface area contributed by atoms with Gasteiger partial charge in [-0.1, -0.05) is 44.5 Å². The second kappa shape index (κ2) is 14.8. The highest BCUT2D eigenvalue weighted by molar-refractivity contribution is 14.0. The van der Waals surface area contributed by atoms with Crippen LogP contribution in [0.3, 0.4) is 0 Å². The molecule has 0 atom stereocenters. The molecule has 2 aromatic rings. The van der Waals surface area contributed by atoms with Crippen molar-refractivity contribution in [1.82, 2.24) is 21.1 Å². The molecule has 0 spiro atoms. The summed E-state index contributed by atoms with van der Waals surface area (Å²) in [7, 11) is 1.73. The van der Waals surface area contributed by atoms with Crippen molar-refractivity contribution in [2.45, 2.75) is 65.5 Å². The summed E-state index contributed by atoms with van der Waals surface area (Å²) in [6.07, 6.45) is 4.17. The molecule has 0 aliphatic rings. The van der Waals surface area contributed by atoms with Gasteiger partial charge in [0.2, 0.25) is 0 Å². The van der Waals surface area contributed by atoms with Crippen LogP contribution in [-0.2, 0) is 13.1 Å². The first-order valence-electron chi connectivity index (χ1n) is 10.9. The molecule has 172 valence electrons. The van der Waals surface area contributed by atoms with E-state index in [1.54, 1.807) is 7.05 Å². The number of amides is 1. The van der Waals surface area contributed by atoms with E-state index in [1.165, 1.54) is 0 Å². The van der Waals surface area contributed by atoms with E-state index in [9.17, 15) is 4.79 Å². The van der Waals surface area contributed by atoms with Crippen LogP contribution in [0.25, 0.3) is 0 Å². The fourth-order valence-electron chi connectivity index (χ4n) is 3.14. The molecular weight excluding hydrogens is 505 g/mol. The molecule has 0 unspecified atom stereocenters. The van der Waals surface area contributed by atoms with E-state index in [1.807, 2.05) is 30.3 Å². The number of carbonyl (C=O) groups is 1. The predicted molar refractivity (Wildman–Crippen MR) is 136 cm³/mol. The number of aromatic nitrogens is 1. The van der Waals surface area contributed by atoms with Gasteiger partial charge in [-0.25, -0.2) is 0 Å². The van der Waals surface area contributed by atoms with Crippen molar-refractivity contribution < 1.29 is 9.32 Å². The predicted octanol–water partition coefficient (Wildman–Crippen LogP) is 4.59. The highest BCUT2D eigenvalue weighted by Gasteiger charge is 2.13. The number of hydrogen-bond donors (Lipinski definition) is 3. The zero-order valence-electron chi connectivity index (χ0n) is 19.0. The first-order valence-corrected chi connectivity index (χ1v) is 10.9. The third-order valence-electron chi connectivity index (χ3n) is 5.13. The van der Waals surface area contributed by atoms with Gasteiger partial charge in [-0.2, -0.15) is 0 Å². The van der Waals surface area contributed by atoms with Crippen molar-refractivity contribution >= 4 is 35.8 Å². The molecular formula is C23H36IN5O2. The number of nitrogens with one attached hydrogen (secondary N) is 3. The van der Waals surface area contributed by atoms with Gasteiger partial charge in [0.05, 0.1) is 12.2 Å². The van der Waals surface area contributed by atoms with Gasteiger partial charge >= 0.3 is 0 Å². The van der Waals surface area contributed by atoms with Crippen LogP contribution in [-0.4, -0.2) is 30.6 Å². The summed E-state index contributed by atoms with van der Waals surface area (Å²) >= 11 is 0. The zero-order chi connectivity index (χ0) is 21.8. The van der Waals surface area contributed by atoms with Crippen LogP contribution in [0.2, 0.25) is 0 Å². The van der Waals surface area contributed by atoms with Gasteiger partial charge in [0.1, 0.15) is 0 Å². The third-order valence-corrected chi connectivity index (χ3v) is 5.13. The first kappa shape index (κ1) is 26.9. The van der Waals surface area contributed by atoms with E-state index in [0.717, 1.165) is 42.7 Å². The van der Waals surface area contributed by atoms with Crippen LogP contribution in [0.1, 0.15) is 79.7 Å². The van der Waals surface area contributed by atoms with Crippen molar-refractivity contribution in [2.75, 3.05) is 13.6 Å². The Morgan fingerprint density at radius 1 is 1.06 bits per heavy atom. The van der Waals surface area contributed by atoms with Crippen molar-refractivity contribution in [3.05, 3.63) is 52.9 Å². The first-order chi connectivity index (χ1) is 14.6. The summed E-state index contributed by atoms with van der Waals surface area (Å²) in [4.78, 5) is 16.3. The summed E-state index contributed by atoms with van der Waals surface area (Å²) in [5, 5.41) is 13.6. The average Bonchev–Trinajstić information content (AvgIpc) is 3.24. The van der Waals surface area contributed by atoms with Gasteiger partial charge in [-0.05, 0) is 37.0 Å². The number of aliphatic imine (C=N–C) groups is 1. The maximum Gasteiger partial charge on any atom is 0.251 e. The van der Waals surface area contributed by atoms with E-state index in [-0.39, 0.29) is 29.9 Å². The minimum absolute atomic E-state index is 0. The number of nitrogens with zero attached hydrogens (tertiary/aromatic N) is 2. The average molecular weight is 541 g/mol. The molecule has 1 aromatic carbocycles. The Balaban J connectivity index is 0.00000480. The number of hydrogen-bond acceptors (Lipinski definition) is 4. The molecule has 8 heteroatoms. The van der Waals surface area contributed by atoms with Crippen LogP contribution in [0.15, 0.2) is 39.8 Å². The van der Waals surface area contributed by atoms with Crippen LogP contribution in [0.4, 0.5) is 0 Å². The maximum atomic E-state index is 12.1. The summed E-state index contributed by atoms with van der Waals surface area (Å²) < 4.78 is 5.44. The Morgan fingerprint density at radius 2 is 1.74 bits per heavy atom. The Hall–Kier alpha value is -2.10. The molecule has 0 saturated heterocycles. The largest absolute Gasteiger partial charge is 0.359 e. The minimum Gasteiger partial charge on any atom is -0.359 e. The lowest BCUT2D eigenvalue weighted by molar-refractivity contribution is 0.0953. The van der Waals surface area contributed by atoms with Crippen molar-refractivity contribution in [3.8, 4) is 0 Å². The normalized spacial score (nSPS) is 11.2. The molecule has 0 radical (unpaired) electrons. The maximum absolute atomic E-state index is 12.1. The fourth-order valence-corrected chi connectivity index (χ4v) is 3.14. The molecule has 0 saturated carbocycles. The van der Waals surface area contributed by atoms with Crippen LogP contribution < -0.4 is 16.0 Å². The standard InChI is InChI=1S/C23H35N5O2.HI/c1-5-8-13-25-22(29)19-11-9-17(10-12-19)15-26-23(24-4)27-16-20-14-21(28-30-20)18(6-2)7-3;/h9-12,14,18H,5-8,13,15-16H2,1-4H3,(H,25,29)(H2,24,26,27);1H. The van der Waals surface area contributed by atoms with Gasteiger partial charge in [-0.3, -0.25) is 9.79 Å². The summed E-state index contributed by atoms with van der Waals surface area (Å²) in [6, 6.07) is 9.62. The lowest BCUT2D eigenvalue weighted by atomic mass is 9.99. The molecule has 1 aromatic heterocycles. The van der Waals surface area contributed by atoms with Crippen molar-refractivity contribution in [2.24, 2.45) is 4.99 Å². The van der Waals surface area contributed by atoms with Gasteiger partial charge in [0, 0.05) is 37.7 Å². The number of benzene rings is 1. The molecule has 31 heavy (non-hydrogen) atoms. The molecule has 1 heterocycles. The SMILES string of the molecule is CCCCNC(=O)c1ccc(CNC(=NC)NCc2cc(C(CC)CC)no2)cc1.I. The van der Waals surface area contributed by atoms with Gasteiger partial charge in [0.15, 0.2) is 11.7 Å².